The lowest BCUT2D eigenvalue weighted by Crippen LogP contribution is -2.19. The summed E-state index contributed by atoms with van der Waals surface area (Å²) in [5.74, 6) is 1.22. The van der Waals surface area contributed by atoms with Crippen LogP contribution in [0.2, 0.25) is 0 Å². The van der Waals surface area contributed by atoms with Crippen LogP contribution in [0.25, 0.3) is 6.08 Å². The molecule has 0 aliphatic heterocycles. The largest absolute Gasteiger partial charge is 0.490 e. The summed E-state index contributed by atoms with van der Waals surface area (Å²) >= 11 is 0. The molecule has 0 aromatic heterocycles. The van der Waals surface area contributed by atoms with Crippen LogP contribution in [0.1, 0.15) is 103 Å². The summed E-state index contributed by atoms with van der Waals surface area (Å²) < 4.78 is 17.8. The van der Waals surface area contributed by atoms with Gasteiger partial charge in [0.25, 0.3) is 0 Å². The van der Waals surface area contributed by atoms with Gasteiger partial charge in [-0.3, -0.25) is 0 Å². The minimum Gasteiger partial charge on any atom is -0.490 e. The molecule has 1 aromatic rings. The highest BCUT2D eigenvalue weighted by Gasteiger charge is 2.16. The molecule has 31 heavy (non-hydrogen) atoms. The van der Waals surface area contributed by atoms with E-state index in [9.17, 15) is 4.79 Å². The van der Waals surface area contributed by atoms with Crippen LogP contribution in [-0.2, 0) is 9.53 Å². The molecule has 0 saturated heterocycles. The number of ether oxygens (including phenoxy) is 3. The zero-order valence-corrected chi connectivity index (χ0v) is 19.7. The van der Waals surface area contributed by atoms with Crippen molar-refractivity contribution >= 4 is 12.0 Å². The Morgan fingerprint density at radius 1 is 0.903 bits per heavy atom. The van der Waals surface area contributed by atoms with E-state index < -0.39 is 0 Å². The highest BCUT2D eigenvalue weighted by molar-refractivity contribution is 5.88. The van der Waals surface area contributed by atoms with Crippen LogP contribution in [0.4, 0.5) is 0 Å². The van der Waals surface area contributed by atoms with Crippen LogP contribution in [0, 0.1) is 0 Å². The molecule has 1 fully saturated rings. The number of esters is 1. The topological polar surface area (TPSA) is 44.8 Å². The number of hydrogen-bond donors (Lipinski definition) is 0. The summed E-state index contributed by atoms with van der Waals surface area (Å²) in [7, 11) is 0. The standard InChI is InChI=1S/C27H42O4/c1-3-5-7-12-21-29-25-18-14-15-23(27(25)30-22-13-8-6-4-2)19-20-26(28)31-24-16-10-9-11-17-24/h14-15,18-20,24H,3-13,16-17,21-22H2,1-2H3. The first-order chi connectivity index (χ1) is 15.2. The van der Waals surface area contributed by atoms with Crippen molar-refractivity contribution in [1.82, 2.24) is 0 Å². The van der Waals surface area contributed by atoms with Crippen LogP contribution in [0.3, 0.4) is 0 Å². The van der Waals surface area contributed by atoms with E-state index in [1.165, 1.54) is 44.6 Å². The zero-order valence-electron chi connectivity index (χ0n) is 19.7. The van der Waals surface area contributed by atoms with Crippen molar-refractivity contribution in [3.8, 4) is 11.5 Å². The van der Waals surface area contributed by atoms with Gasteiger partial charge in [-0.05, 0) is 50.7 Å². The first kappa shape index (κ1) is 25.3. The minimum atomic E-state index is -0.272. The SMILES string of the molecule is CCCCCCOc1cccc(C=CC(=O)OC2CCCCC2)c1OCCCCCC. The van der Waals surface area contributed by atoms with E-state index in [1.807, 2.05) is 18.2 Å². The van der Waals surface area contributed by atoms with Gasteiger partial charge in [0.2, 0.25) is 0 Å². The Hall–Kier alpha value is -1.97. The van der Waals surface area contributed by atoms with Gasteiger partial charge in [0.1, 0.15) is 6.10 Å². The molecule has 4 nitrogen and oxygen atoms in total. The van der Waals surface area contributed by atoms with Crippen molar-refractivity contribution in [2.75, 3.05) is 13.2 Å². The van der Waals surface area contributed by atoms with Crippen molar-refractivity contribution in [3.63, 3.8) is 0 Å². The van der Waals surface area contributed by atoms with E-state index in [-0.39, 0.29) is 12.1 Å². The van der Waals surface area contributed by atoms with Gasteiger partial charge in [0.05, 0.1) is 13.2 Å². The molecule has 174 valence electrons. The second-order valence-electron chi connectivity index (χ2n) is 8.52. The average molecular weight is 431 g/mol. The molecule has 0 atom stereocenters. The maximum atomic E-state index is 12.3. The molecule has 1 aliphatic rings. The van der Waals surface area contributed by atoms with Gasteiger partial charge in [-0.1, -0.05) is 70.9 Å². The van der Waals surface area contributed by atoms with Crippen molar-refractivity contribution in [2.24, 2.45) is 0 Å². The molecule has 0 N–H and O–H groups in total. The Morgan fingerprint density at radius 2 is 1.58 bits per heavy atom. The average Bonchev–Trinajstić information content (AvgIpc) is 2.79. The van der Waals surface area contributed by atoms with Crippen molar-refractivity contribution in [3.05, 3.63) is 29.8 Å². The van der Waals surface area contributed by atoms with Crippen LogP contribution >= 0.6 is 0 Å². The summed E-state index contributed by atoms with van der Waals surface area (Å²) in [6.45, 7) is 5.75. The molecular weight excluding hydrogens is 388 g/mol. The number of carbonyl (C=O) groups excluding carboxylic acids is 1. The number of unbranched alkanes of at least 4 members (excludes halogenated alkanes) is 6. The summed E-state index contributed by atoms with van der Waals surface area (Å²) in [4.78, 5) is 12.3. The van der Waals surface area contributed by atoms with Crippen LogP contribution in [-0.4, -0.2) is 25.3 Å². The molecule has 1 saturated carbocycles. The smallest absolute Gasteiger partial charge is 0.331 e. The molecule has 0 unspecified atom stereocenters. The third-order valence-corrected chi connectivity index (χ3v) is 5.74. The number of para-hydroxylation sites is 1. The van der Waals surface area contributed by atoms with Crippen molar-refractivity contribution in [1.29, 1.82) is 0 Å². The molecule has 4 heteroatoms. The fraction of sp³-hybridized carbons (Fsp3) is 0.667. The van der Waals surface area contributed by atoms with E-state index in [0.717, 1.165) is 62.0 Å². The Kier molecular flexibility index (Phi) is 12.9. The van der Waals surface area contributed by atoms with Gasteiger partial charge in [-0.25, -0.2) is 4.79 Å². The lowest BCUT2D eigenvalue weighted by molar-refractivity contribution is -0.144. The Bertz CT molecular complexity index is 647. The number of benzene rings is 1. The normalized spacial score (nSPS) is 14.6. The maximum absolute atomic E-state index is 12.3. The van der Waals surface area contributed by atoms with E-state index in [0.29, 0.717) is 13.2 Å². The Balaban J connectivity index is 2.00. The van der Waals surface area contributed by atoms with E-state index in [1.54, 1.807) is 6.08 Å². The predicted molar refractivity (Wildman–Crippen MR) is 128 cm³/mol. The number of rotatable bonds is 15. The summed E-state index contributed by atoms with van der Waals surface area (Å²) in [6.07, 6.45) is 18.2. The second kappa shape index (κ2) is 15.8. The molecular formula is C27H42O4. The quantitative estimate of drug-likeness (QED) is 0.164. The van der Waals surface area contributed by atoms with Crippen LogP contribution < -0.4 is 9.47 Å². The second-order valence-corrected chi connectivity index (χ2v) is 8.52. The molecule has 1 aliphatic carbocycles. The fourth-order valence-electron chi connectivity index (χ4n) is 3.89. The van der Waals surface area contributed by atoms with E-state index in [4.69, 9.17) is 14.2 Å². The minimum absolute atomic E-state index is 0.0676. The first-order valence-electron chi connectivity index (χ1n) is 12.5. The van der Waals surface area contributed by atoms with Gasteiger partial charge in [0, 0.05) is 11.6 Å². The molecule has 0 heterocycles. The van der Waals surface area contributed by atoms with Crippen LogP contribution in [0.5, 0.6) is 11.5 Å². The van der Waals surface area contributed by atoms with E-state index in [2.05, 4.69) is 13.8 Å². The fourth-order valence-corrected chi connectivity index (χ4v) is 3.89. The van der Waals surface area contributed by atoms with Crippen LogP contribution in [0.15, 0.2) is 24.3 Å². The van der Waals surface area contributed by atoms with Gasteiger partial charge in [0.15, 0.2) is 11.5 Å². The number of hydrogen-bond acceptors (Lipinski definition) is 4. The summed E-state index contributed by atoms with van der Waals surface area (Å²) in [6, 6.07) is 5.88. The molecule has 1 aromatic carbocycles. The van der Waals surface area contributed by atoms with Crippen molar-refractivity contribution in [2.45, 2.75) is 103 Å². The third-order valence-electron chi connectivity index (χ3n) is 5.74. The highest BCUT2D eigenvalue weighted by Crippen LogP contribution is 2.33. The molecule has 0 radical (unpaired) electrons. The summed E-state index contributed by atoms with van der Waals surface area (Å²) in [5, 5.41) is 0. The predicted octanol–water partition coefficient (Wildman–Crippen LogP) is 7.49. The van der Waals surface area contributed by atoms with Gasteiger partial charge < -0.3 is 14.2 Å². The molecule has 0 bridgehead atoms. The number of carbonyl (C=O) groups is 1. The Labute approximate surface area is 189 Å². The van der Waals surface area contributed by atoms with Crippen molar-refractivity contribution < 1.29 is 19.0 Å². The van der Waals surface area contributed by atoms with Gasteiger partial charge in [-0.15, -0.1) is 0 Å². The molecule has 0 amide bonds. The van der Waals surface area contributed by atoms with E-state index >= 15 is 0 Å². The third kappa shape index (κ3) is 10.3. The lowest BCUT2D eigenvalue weighted by atomic mass is 9.98. The maximum Gasteiger partial charge on any atom is 0.331 e. The summed E-state index contributed by atoms with van der Waals surface area (Å²) in [5.41, 5.74) is 0.863. The van der Waals surface area contributed by atoms with Gasteiger partial charge >= 0.3 is 5.97 Å². The highest BCUT2D eigenvalue weighted by atomic mass is 16.5. The lowest BCUT2D eigenvalue weighted by Gasteiger charge is -2.21. The molecule has 0 spiro atoms. The van der Waals surface area contributed by atoms with Gasteiger partial charge in [-0.2, -0.15) is 0 Å². The Morgan fingerprint density at radius 3 is 2.26 bits per heavy atom. The monoisotopic (exact) mass is 430 g/mol. The zero-order chi connectivity index (χ0) is 22.2. The first-order valence-corrected chi connectivity index (χ1v) is 12.5. The molecule has 2 rings (SSSR count).